The molecule has 0 spiro atoms. The predicted octanol–water partition coefficient (Wildman–Crippen LogP) is 4.30. The number of benzene rings is 1. The lowest BCUT2D eigenvalue weighted by atomic mass is 9.66. The molecule has 7 nitrogen and oxygen atoms in total. The smallest absolute Gasteiger partial charge is 0.173 e. The number of fused-ring (bicyclic) bond motifs is 5. The van der Waals surface area contributed by atoms with Crippen molar-refractivity contribution in [3.05, 3.63) is 77.4 Å². The molecule has 0 radical (unpaired) electrons. The lowest BCUT2D eigenvalue weighted by Crippen LogP contribution is -2.38. The van der Waals surface area contributed by atoms with E-state index in [4.69, 9.17) is 4.98 Å². The monoisotopic (exact) mass is 445 g/mol. The average molecular weight is 445 g/mol. The van der Waals surface area contributed by atoms with Gasteiger partial charge in [0.1, 0.15) is 23.8 Å². The first kappa shape index (κ1) is 20.0. The van der Waals surface area contributed by atoms with Crippen molar-refractivity contribution in [1.29, 1.82) is 0 Å². The predicted molar refractivity (Wildman–Crippen MR) is 116 cm³/mol. The molecule has 3 heterocycles. The highest BCUT2D eigenvalue weighted by molar-refractivity contribution is 5.64. The Kier molecular flexibility index (Phi) is 4.06. The maximum absolute atomic E-state index is 14.4. The number of hydrogen-bond acceptors (Lipinski definition) is 6. The van der Waals surface area contributed by atoms with E-state index >= 15 is 0 Å². The van der Waals surface area contributed by atoms with Crippen LogP contribution in [0.3, 0.4) is 0 Å². The van der Waals surface area contributed by atoms with E-state index in [2.05, 4.69) is 39.1 Å². The van der Waals surface area contributed by atoms with Gasteiger partial charge in [-0.25, -0.2) is 23.4 Å². The van der Waals surface area contributed by atoms with Gasteiger partial charge in [-0.15, -0.1) is 5.10 Å². The van der Waals surface area contributed by atoms with Crippen LogP contribution in [-0.4, -0.2) is 34.9 Å². The zero-order valence-corrected chi connectivity index (χ0v) is 18.4. The summed E-state index contributed by atoms with van der Waals surface area (Å²) in [6.45, 7) is 6.21. The number of aryl methyl sites for hydroxylation is 1. The summed E-state index contributed by atoms with van der Waals surface area (Å²) < 4.78 is 30.5. The molecule has 166 valence electrons. The molecule has 0 N–H and O–H groups in total. The van der Waals surface area contributed by atoms with Gasteiger partial charge in [0.2, 0.25) is 0 Å². The van der Waals surface area contributed by atoms with Crippen LogP contribution in [0.25, 0.3) is 17.1 Å². The fourth-order valence-electron chi connectivity index (χ4n) is 5.88. The van der Waals surface area contributed by atoms with E-state index in [-0.39, 0.29) is 22.6 Å². The van der Waals surface area contributed by atoms with Crippen LogP contribution in [0.15, 0.2) is 43.0 Å². The summed E-state index contributed by atoms with van der Waals surface area (Å²) in [5.41, 5.74) is 1.89. The van der Waals surface area contributed by atoms with E-state index in [9.17, 15) is 8.78 Å². The largest absolute Gasteiger partial charge is 0.259 e. The minimum absolute atomic E-state index is 0.147. The average Bonchev–Trinajstić information content (AvgIpc) is 3.40. The van der Waals surface area contributed by atoms with Gasteiger partial charge in [-0.3, -0.25) is 4.98 Å². The quantitative estimate of drug-likeness (QED) is 0.468. The molecular weight excluding hydrogens is 424 g/mol. The van der Waals surface area contributed by atoms with Crippen LogP contribution in [0.2, 0.25) is 0 Å². The van der Waals surface area contributed by atoms with Gasteiger partial charge in [-0.05, 0) is 54.9 Å². The maximum atomic E-state index is 14.4. The minimum atomic E-state index is -0.650. The zero-order chi connectivity index (χ0) is 23.0. The molecule has 6 rings (SSSR count). The van der Waals surface area contributed by atoms with Gasteiger partial charge in [-0.1, -0.05) is 19.9 Å². The normalized spacial score (nSPS) is 22.5. The lowest BCUT2D eigenvalue weighted by molar-refractivity contribution is 0.242. The fraction of sp³-hybridized carbons (Fsp3) is 0.333. The summed E-state index contributed by atoms with van der Waals surface area (Å²) in [4.78, 5) is 13.6. The summed E-state index contributed by atoms with van der Waals surface area (Å²) in [5.74, 6) is 0.0848. The van der Waals surface area contributed by atoms with E-state index in [0.717, 1.165) is 29.8 Å². The Hall–Kier alpha value is -3.62. The van der Waals surface area contributed by atoms with Crippen molar-refractivity contribution in [1.82, 2.24) is 34.9 Å². The first-order valence-electron chi connectivity index (χ1n) is 10.9. The van der Waals surface area contributed by atoms with E-state index in [0.29, 0.717) is 11.6 Å². The SMILES string of the molecule is Cc1ncn(-c2cncc([C@@]34CC[C@H](c5cc(-c6c(F)cccc6F)nnc53)C4(C)C)n2)n1. The van der Waals surface area contributed by atoms with E-state index < -0.39 is 17.0 Å². The van der Waals surface area contributed by atoms with Gasteiger partial charge < -0.3 is 0 Å². The third-order valence-corrected chi connectivity index (χ3v) is 7.50. The van der Waals surface area contributed by atoms with Crippen molar-refractivity contribution >= 4 is 0 Å². The number of rotatable bonds is 3. The Morgan fingerprint density at radius 3 is 2.61 bits per heavy atom. The lowest BCUT2D eigenvalue weighted by Gasteiger charge is -2.37. The number of nitrogens with zero attached hydrogens (tertiary/aromatic N) is 7. The van der Waals surface area contributed by atoms with Crippen LogP contribution in [0.4, 0.5) is 8.78 Å². The minimum Gasteiger partial charge on any atom is -0.259 e. The van der Waals surface area contributed by atoms with Crippen LogP contribution in [0.5, 0.6) is 0 Å². The number of hydrogen-bond donors (Lipinski definition) is 0. The summed E-state index contributed by atoms with van der Waals surface area (Å²) in [7, 11) is 0. The van der Waals surface area contributed by atoms with E-state index in [1.54, 1.807) is 29.5 Å². The van der Waals surface area contributed by atoms with Crippen LogP contribution in [0.1, 0.15) is 55.4 Å². The van der Waals surface area contributed by atoms with Crippen molar-refractivity contribution in [3.63, 3.8) is 0 Å². The molecule has 0 saturated heterocycles. The van der Waals surface area contributed by atoms with Gasteiger partial charge in [0.15, 0.2) is 5.82 Å². The molecule has 0 unspecified atom stereocenters. The highest BCUT2D eigenvalue weighted by Crippen LogP contribution is 2.69. The Labute approximate surface area is 189 Å². The summed E-state index contributed by atoms with van der Waals surface area (Å²) in [6.07, 6.45) is 6.80. The van der Waals surface area contributed by atoms with Crippen LogP contribution in [-0.2, 0) is 5.41 Å². The number of halogens is 2. The van der Waals surface area contributed by atoms with Crippen molar-refractivity contribution in [2.45, 2.75) is 44.9 Å². The van der Waals surface area contributed by atoms with Crippen LogP contribution >= 0.6 is 0 Å². The fourth-order valence-corrected chi connectivity index (χ4v) is 5.88. The van der Waals surface area contributed by atoms with Crippen molar-refractivity contribution < 1.29 is 8.78 Å². The molecule has 0 aliphatic heterocycles. The zero-order valence-electron chi connectivity index (χ0n) is 18.4. The second-order valence-corrected chi connectivity index (χ2v) is 9.35. The molecule has 3 aromatic heterocycles. The Balaban J connectivity index is 1.53. The Bertz CT molecular complexity index is 1390. The summed E-state index contributed by atoms with van der Waals surface area (Å²) >= 11 is 0. The van der Waals surface area contributed by atoms with Gasteiger partial charge in [0, 0.05) is 6.20 Å². The molecule has 1 aromatic carbocycles. The Morgan fingerprint density at radius 1 is 1.09 bits per heavy atom. The first-order chi connectivity index (χ1) is 15.8. The van der Waals surface area contributed by atoms with Crippen molar-refractivity contribution in [2.24, 2.45) is 5.41 Å². The highest BCUT2D eigenvalue weighted by Gasteiger charge is 2.65. The van der Waals surface area contributed by atoms with Crippen molar-refractivity contribution in [3.8, 4) is 17.1 Å². The molecule has 0 amide bonds. The Morgan fingerprint density at radius 2 is 1.88 bits per heavy atom. The second kappa shape index (κ2) is 6.69. The molecule has 2 aliphatic carbocycles. The van der Waals surface area contributed by atoms with Gasteiger partial charge in [-0.2, -0.15) is 10.2 Å². The molecule has 2 atom stereocenters. The molecule has 2 bridgehead atoms. The first-order valence-corrected chi connectivity index (χ1v) is 10.9. The third-order valence-electron chi connectivity index (χ3n) is 7.50. The highest BCUT2D eigenvalue weighted by atomic mass is 19.1. The molecule has 4 aromatic rings. The molecule has 1 fully saturated rings. The summed E-state index contributed by atoms with van der Waals surface area (Å²) in [5, 5.41) is 13.2. The number of aromatic nitrogens is 7. The molecular formula is C24H21F2N7. The molecule has 9 heteroatoms. The topological polar surface area (TPSA) is 82.3 Å². The van der Waals surface area contributed by atoms with Gasteiger partial charge >= 0.3 is 0 Å². The van der Waals surface area contributed by atoms with Crippen molar-refractivity contribution in [2.75, 3.05) is 0 Å². The van der Waals surface area contributed by atoms with Gasteiger partial charge in [0.25, 0.3) is 0 Å². The van der Waals surface area contributed by atoms with Gasteiger partial charge in [0.05, 0.1) is 34.3 Å². The second-order valence-electron chi connectivity index (χ2n) is 9.35. The molecule has 33 heavy (non-hydrogen) atoms. The standard InChI is InChI=1S/C24H21F2N7/c1-13-28-12-33(32-13)20-11-27-10-19(29-20)24-8-7-15(23(24,2)3)14-9-18(30-31-22(14)24)21-16(25)5-4-6-17(21)26/h4-6,9-12,15H,7-8H2,1-3H3/t15-,24+/m1/s1. The summed E-state index contributed by atoms with van der Waals surface area (Å²) in [6, 6.07) is 5.61. The van der Waals surface area contributed by atoms with Crippen LogP contribution in [0, 0.1) is 24.0 Å². The van der Waals surface area contributed by atoms with Crippen LogP contribution < -0.4 is 0 Å². The third kappa shape index (κ3) is 2.59. The maximum Gasteiger partial charge on any atom is 0.173 e. The molecule has 2 aliphatic rings. The van der Waals surface area contributed by atoms with E-state index in [1.165, 1.54) is 18.2 Å². The van der Waals surface area contributed by atoms with E-state index in [1.807, 2.05) is 6.92 Å². The molecule has 1 saturated carbocycles.